The number of thiol groups is 1. The van der Waals surface area contributed by atoms with Gasteiger partial charge in [-0.2, -0.15) is 12.6 Å². The minimum absolute atomic E-state index is 0.172. The Morgan fingerprint density at radius 2 is 2.08 bits per heavy atom. The number of rotatable bonds is 0. The van der Waals surface area contributed by atoms with Crippen LogP contribution in [0.1, 0.15) is 33.6 Å². The van der Waals surface area contributed by atoms with Crippen LogP contribution in [0.15, 0.2) is 11.1 Å². The second-order valence-corrected chi connectivity index (χ2v) is 4.52. The molecule has 1 fully saturated rings. The zero-order chi connectivity index (χ0) is 9.30. The number of hydrogen-bond acceptors (Lipinski definition) is 2. The molecule has 0 radical (unpaired) electrons. The minimum atomic E-state index is 0.172. The molecule has 0 heterocycles. The maximum absolute atomic E-state index is 11.5. The molecule has 0 aliphatic heterocycles. The van der Waals surface area contributed by atoms with Gasteiger partial charge in [-0.25, -0.2) is 0 Å². The van der Waals surface area contributed by atoms with E-state index in [2.05, 4.69) is 19.6 Å². The lowest BCUT2D eigenvalue weighted by Crippen LogP contribution is -2.25. The zero-order valence-corrected chi connectivity index (χ0v) is 8.82. The average Bonchev–Trinajstić information content (AvgIpc) is 1.82. The van der Waals surface area contributed by atoms with E-state index in [1.54, 1.807) is 0 Å². The van der Waals surface area contributed by atoms with Crippen molar-refractivity contribution in [2.45, 2.75) is 38.9 Å². The quantitative estimate of drug-likeness (QED) is 0.452. The summed E-state index contributed by atoms with van der Waals surface area (Å²) in [5.41, 5.74) is 2.09. The summed E-state index contributed by atoms with van der Waals surface area (Å²) in [5.74, 6) is 0.803. The van der Waals surface area contributed by atoms with Gasteiger partial charge in [0.2, 0.25) is 0 Å². The highest BCUT2D eigenvalue weighted by atomic mass is 32.1. The molecule has 2 heteroatoms. The van der Waals surface area contributed by atoms with Crippen molar-refractivity contribution in [3.63, 3.8) is 0 Å². The Morgan fingerprint density at radius 3 is 2.50 bits per heavy atom. The molecule has 1 aliphatic carbocycles. The minimum Gasteiger partial charge on any atom is -0.295 e. The lowest BCUT2D eigenvalue weighted by Gasteiger charge is -2.26. The van der Waals surface area contributed by atoms with E-state index in [1.165, 1.54) is 0 Å². The van der Waals surface area contributed by atoms with E-state index >= 15 is 0 Å². The van der Waals surface area contributed by atoms with Crippen molar-refractivity contribution in [3.05, 3.63) is 11.1 Å². The smallest absolute Gasteiger partial charge is 0.160 e. The van der Waals surface area contributed by atoms with Crippen LogP contribution >= 0.6 is 12.6 Å². The first kappa shape index (κ1) is 9.85. The molecule has 1 saturated carbocycles. The fraction of sp³-hybridized carbons (Fsp3) is 0.700. The largest absolute Gasteiger partial charge is 0.295 e. The first-order chi connectivity index (χ1) is 5.52. The van der Waals surface area contributed by atoms with Crippen molar-refractivity contribution < 1.29 is 4.79 Å². The summed E-state index contributed by atoms with van der Waals surface area (Å²) in [6.07, 6.45) is 1.74. The van der Waals surface area contributed by atoms with E-state index in [0.29, 0.717) is 18.1 Å². The second-order valence-electron chi connectivity index (χ2n) is 3.90. The third-order valence-corrected chi connectivity index (χ3v) is 2.80. The summed E-state index contributed by atoms with van der Waals surface area (Å²) >= 11 is 4.44. The van der Waals surface area contributed by atoms with E-state index in [9.17, 15) is 4.79 Å². The topological polar surface area (TPSA) is 17.1 Å². The molecule has 0 aromatic carbocycles. The Labute approximate surface area is 79.6 Å². The summed E-state index contributed by atoms with van der Waals surface area (Å²) in [7, 11) is 0. The van der Waals surface area contributed by atoms with Gasteiger partial charge in [0.05, 0.1) is 0 Å². The van der Waals surface area contributed by atoms with Crippen molar-refractivity contribution in [2.24, 2.45) is 5.92 Å². The summed E-state index contributed by atoms with van der Waals surface area (Å²) < 4.78 is 0. The highest BCUT2D eigenvalue weighted by Gasteiger charge is 2.27. The zero-order valence-electron chi connectivity index (χ0n) is 7.92. The van der Waals surface area contributed by atoms with E-state index < -0.39 is 0 Å². The molecule has 0 N–H and O–H groups in total. The first-order valence-corrected chi connectivity index (χ1v) is 4.92. The molecule has 0 aromatic rings. The van der Waals surface area contributed by atoms with Gasteiger partial charge in [0.1, 0.15) is 0 Å². The van der Waals surface area contributed by atoms with Gasteiger partial charge in [-0.15, -0.1) is 0 Å². The molecular formula is C10H16OS. The van der Waals surface area contributed by atoms with Crippen LogP contribution in [0.25, 0.3) is 0 Å². The maximum Gasteiger partial charge on any atom is 0.160 e. The monoisotopic (exact) mass is 184 g/mol. The standard InChI is InChI=1S/C10H16OS/c1-6(2)10-8(11)4-7(3)5-9(10)12/h7,9,12H,4-5H2,1-3H3/t7-,9?/m1/s1. The molecule has 68 valence electrons. The second kappa shape index (κ2) is 3.65. The number of hydrogen-bond donors (Lipinski definition) is 1. The van der Waals surface area contributed by atoms with Gasteiger partial charge in [-0.1, -0.05) is 12.5 Å². The van der Waals surface area contributed by atoms with Crippen molar-refractivity contribution >= 4 is 18.4 Å². The fourth-order valence-electron chi connectivity index (χ4n) is 1.81. The molecule has 1 aliphatic rings. The number of allylic oxidation sites excluding steroid dienone is 1. The van der Waals surface area contributed by atoms with Crippen LogP contribution in [0.4, 0.5) is 0 Å². The molecule has 1 rings (SSSR count). The summed E-state index contributed by atoms with van der Waals surface area (Å²) in [5, 5.41) is 0.172. The lowest BCUT2D eigenvalue weighted by atomic mass is 9.84. The third-order valence-electron chi connectivity index (χ3n) is 2.33. The Balaban J connectivity index is 2.89. The van der Waals surface area contributed by atoms with Crippen LogP contribution in [0.2, 0.25) is 0 Å². The van der Waals surface area contributed by atoms with E-state index in [0.717, 1.165) is 17.6 Å². The Morgan fingerprint density at radius 1 is 1.50 bits per heavy atom. The molecule has 12 heavy (non-hydrogen) atoms. The number of Topliss-reactive ketones (excluding diaryl/α,β-unsaturated/α-hetero) is 1. The van der Waals surface area contributed by atoms with Gasteiger partial charge >= 0.3 is 0 Å². The summed E-state index contributed by atoms with van der Waals surface area (Å²) in [6.45, 7) is 6.10. The van der Waals surface area contributed by atoms with Gasteiger partial charge in [0.15, 0.2) is 5.78 Å². The van der Waals surface area contributed by atoms with Crippen molar-refractivity contribution in [2.75, 3.05) is 0 Å². The molecule has 1 unspecified atom stereocenters. The van der Waals surface area contributed by atoms with Gasteiger partial charge in [0, 0.05) is 17.2 Å². The Hall–Kier alpha value is -0.240. The van der Waals surface area contributed by atoms with Crippen molar-refractivity contribution in [1.82, 2.24) is 0 Å². The first-order valence-electron chi connectivity index (χ1n) is 4.41. The predicted octanol–water partition coefficient (Wildman–Crippen LogP) is 2.62. The van der Waals surface area contributed by atoms with Gasteiger partial charge in [-0.05, 0) is 26.2 Å². The lowest BCUT2D eigenvalue weighted by molar-refractivity contribution is -0.117. The molecular weight excluding hydrogens is 168 g/mol. The highest BCUT2D eigenvalue weighted by molar-refractivity contribution is 7.81. The fourth-order valence-corrected chi connectivity index (χ4v) is 2.57. The Kier molecular flexibility index (Phi) is 2.99. The number of ketones is 1. The summed E-state index contributed by atoms with van der Waals surface area (Å²) in [4.78, 5) is 11.5. The number of carbonyl (C=O) groups is 1. The van der Waals surface area contributed by atoms with Crippen LogP contribution in [0.3, 0.4) is 0 Å². The molecule has 0 amide bonds. The predicted molar refractivity (Wildman–Crippen MR) is 54.6 cm³/mol. The van der Waals surface area contributed by atoms with E-state index in [4.69, 9.17) is 0 Å². The normalized spacial score (nSPS) is 30.7. The molecule has 0 aromatic heterocycles. The summed E-state index contributed by atoms with van der Waals surface area (Å²) in [6, 6.07) is 0. The van der Waals surface area contributed by atoms with Crippen LogP contribution in [-0.4, -0.2) is 11.0 Å². The molecule has 1 nitrogen and oxygen atoms in total. The van der Waals surface area contributed by atoms with E-state index in [1.807, 2.05) is 13.8 Å². The van der Waals surface area contributed by atoms with Gasteiger partial charge in [0.25, 0.3) is 0 Å². The van der Waals surface area contributed by atoms with Crippen LogP contribution in [0, 0.1) is 5.92 Å². The molecule has 2 atom stereocenters. The SMILES string of the molecule is CC(C)=C1C(=O)C[C@@H](C)CC1S. The van der Waals surface area contributed by atoms with E-state index in [-0.39, 0.29) is 5.25 Å². The number of carbonyl (C=O) groups excluding carboxylic acids is 1. The highest BCUT2D eigenvalue weighted by Crippen LogP contribution is 2.30. The molecule has 0 saturated heterocycles. The van der Waals surface area contributed by atoms with Gasteiger partial charge < -0.3 is 0 Å². The van der Waals surface area contributed by atoms with Crippen LogP contribution in [0.5, 0.6) is 0 Å². The average molecular weight is 184 g/mol. The molecule has 0 bridgehead atoms. The van der Waals surface area contributed by atoms with Crippen LogP contribution in [-0.2, 0) is 4.79 Å². The third kappa shape index (κ3) is 1.92. The maximum atomic E-state index is 11.5. The van der Waals surface area contributed by atoms with Crippen molar-refractivity contribution in [1.29, 1.82) is 0 Å². The Bertz CT molecular complexity index is 226. The van der Waals surface area contributed by atoms with Gasteiger partial charge in [-0.3, -0.25) is 4.79 Å². The van der Waals surface area contributed by atoms with Crippen LogP contribution < -0.4 is 0 Å². The molecule has 0 spiro atoms. The van der Waals surface area contributed by atoms with Crippen molar-refractivity contribution in [3.8, 4) is 0 Å².